The molecular formula is C6H11N2O2. The van der Waals surface area contributed by atoms with Crippen molar-refractivity contribution in [1.82, 2.24) is 4.90 Å². The highest BCUT2D eigenvalue weighted by Gasteiger charge is 2.14. The van der Waals surface area contributed by atoms with Gasteiger partial charge in [0.2, 0.25) is 5.91 Å². The fourth-order valence-electron chi connectivity index (χ4n) is 0.889. The zero-order chi connectivity index (χ0) is 7.40. The van der Waals surface area contributed by atoms with Crippen LogP contribution in [0.4, 0.5) is 0 Å². The lowest BCUT2D eigenvalue weighted by molar-refractivity contribution is -0.131. The van der Waals surface area contributed by atoms with E-state index in [9.17, 15) is 4.79 Å². The van der Waals surface area contributed by atoms with E-state index in [0.717, 1.165) is 6.54 Å². The highest BCUT2D eigenvalue weighted by atomic mass is 16.5. The van der Waals surface area contributed by atoms with Crippen LogP contribution in [0.2, 0.25) is 0 Å². The maximum atomic E-state index is 10.9. The largest absolute Gasteiger partial charge is 0.378 e. The number of hydrogen-bond acceptors (Lipinski definition) is 3. The van der Waals surface area contributed by atoms with Gasteiger partial charge >= 0.3 is 0 Å². The number of carbonyl (C=O) groups is 1. The molecule has 0 atom stereocenters. The van der Waals surface area contributed by atoms with Crippen LogP contribution in [-0.2, 0) is 9.53 Å². The second-order valence-electron chi connectivity index (χ2n) is 2.10. The van der Waals surface area contributed by atoms with Crippen molar-refractivity contribution >= 4 is 5.91 Å². The molecule has 1 aliphatic rings. The van der Waals surface area contributed by atoms with Gasteiger partial charge in [-0.15, -0.1) is 0 Å². The Morgan fingerprint density at radius 3 is 2.60 bits per heavy atom. The van der Waals surface area contributed by atoms with E-state index in [-0.39, 0.29) is 5.91 Å². The third kappa shape index (κ3) is 1.68. The SMILES string of the molecule is N[CH]C(=O)N1CCOCC1. The van der Waals surface area contributed by atoms with Crippen LogP contribution in [0.15, 0.2) is 0 Å². The molecule has 0 aromatic rings. The van der Waals surface area contributed by atoms with Gasteiger partial charge in [0.05, 0.1) is 13.2 Å². The van der Waals surface area contributed by atoms with Crippen molar-refractivity contribution in [3.8, 4) is 0 Å². The molecule has 1 saturated heterocycles. The van der Waals surface area contributed by atoms with E-state index in [4.69, 9.17) is 10.5 Å². The van der Waals surface area contributed by atoms with Gasteiger partial charge in [0.1, 0.15) is 6.54 Å². The number of hydrogen-bond donors (Lipinski definition) is 1. The van der Waals surface area contributed by atoms with Gasteiger partial charge in [-0.05, 0) is 0 Å². The minimum absolute atomic E-state index is 0.108. The van der Waals surface area contributed by atoms with E-state index in [1.54, 1.807) is 4.90 Å². The number of morpholine rings is 1. The summed E-state index contributed by atoms with van der Waals surface area (Å²) in [5.41, 5.74) is 5.05. The Balaban J connectivity index is 2.31. The molecule has 1 radical (unpaired) electrons. The molecule has 0 aromatic carbocycles. The second-order valence-corrected chi connectivity index (χ2v) is 2.10. The Labute approximate surface area is 59.9 Å². The van der Waals surface area contributed by atoms with E-state index in [0.29, 0.717) is 26.3 Å². The van der Waals surface area contributed by atoms with E-state index in [2.05, 4.69) is 0 Å². The number of amides is 1. The summed E-state index contributed by atoms with van der Waals surface area (Å²) in [5.74, 6) is -0.108. The number of carbonyl (C=O) groups excluding carboxylic acids is 1. The van der Waals surface area contributed by atoms with Crippen molar-refractivity contribution in [1.29, 1.82) is 0 Å². The van der Waals surface area contributed by atoms with Gasteiger partial charge in [-0.2, -0.15) is 0 Å². The molecule has 1 heterocycles. The third-order valence-corrected chi connectivity index (χ3v) is 1.47. The van der Waals surface area contributed by atoms with Gasteiger partial charge in [0.15, 0.2) is 0 Å². The molecule has 0 saturated carbocycles. The van der Waals surface area contributed by atoms with Crippen LogP contribution in [0.1, 0.15) is 0 Å². The molecule has 0 spiro atoms. The number of ether oxygens (including phenoxy) is 1. The van der Waals surface area contributed by atoms with E-state index in [1.165, 1.54) is 0 Å². The van der Waals surface area contributed by atoms with Crippen molar-refractivity contribution < 1.29 is 9.53 Å². The molecule has 57 valence electrons. The van der Waals surface area contributed by atoms with Crippen LogP contribution in [0.5, 0.6) is 0 Å². The summed E-state index contributed by atoms with van der Waals surface area (Å²) in [5, 5.41) is 0. The summed E-state index contributed by atoms with van der Waals surface area (Å²) in [4.78, 5) is 12.5. The Morgan fingerprint density at radius 1 is 1.50 bits per heavy atom. The molecule has 0 unspecified atom stereocenters. The van der Waals surface area contributed by atoms with Crippen LogP contribution in [-0.4, -0.2) is 37.1 Å². The molecule has 10 heavy (non-hydrogen) atoms. The Kier molecular flexibility index (Phi) is 2.65. The lowest BCUT2D eigenvalue weighted by Crippen LogP contribution is -2.41. The Hall–Kier alpha value is -0.610. The highest BCUT2D eigenvalue weighted by Crippen LogP contribution is 1.96. The first-order chi connectivity index (χ1) is 4.84. The van der Waals surface area contributed by atoms with Gasteiger partial charge in [0.25, 0.3) is 0 Å². The maximum Gasteiger partial charge on any atom is 0.241 e. The van der Waals surface area contributed by atoms with Crippen molar-refractivity contribution in [2.45, 2.75) is 0 Å². The first-order valence-corrected chi connectivity index (χ1v) is 3.26. The molecular weight excluding hydrogens is 132 g/mol. The quantitative estimate of drug-likeness (QED) is 0.510. The summed E-state index contributed by atoms with van der Waals surface area (Å²) in [7, 11) is 0. The lowest BCUT2D eigenvalue weighted by Gasteiger charge is -2.25. The van der Waals surface area contributed by atoms with Crippen LogP contribution in [0.25, 0.3) is 0 Å². The lowest BCUT2D eigenvalue weighted by atomic mass is 10.4. The standard InChI is InChI=1S/C6H11N2O2/c7-5-6(9)8-1-3-10-4-2-8/h5H,1-4,7H2. The smallest absolute Gasteiger partial charge is 0.241 e. The molecule has 0 bridgehead atoms. The number of nitrogens with zero attached hydrogens (tertiary/aromatic N) is 1. The first kappa shape index (κ1) is 7.50. The topological polar surface area (TPSA) is 55.6 Å². The summed E-state index contributed by atoms with van der Waals surface area (Å²) in [6.07, 6.45) is 0. The predicted octanol–water partition coefficient (Wildman–Crippen LogP) is -1.03. The average Bonchev–Trinajstić information content (AvgIpc) is 2.05. The summed E-state index contributed by atoms with van der Waals surface area (Å²) in [6.45, 7) is 3.66. The zero-order valence-corrected chi connectivity index (χ0v) is 5.75. The highest BCUT2D eigenvalue weighted by molar-refractivity contribution is 5.83. The minimum Gasteiger partial charge on any atom is -0.378 e. The number of rotatable bonds is 1. The Morgan fingerprint density at radius 2 is 2.10 bits per heavy atom. The average molecular weight is 143 g/mol. The van der Waals surface area contributed by atoms with Crippen molar-refractivity contribution in [2.24, 2.45) is 5.73 Å². The van der Waals surface area contributed by atoms with Crippen LogP contribution < -0.4 is 5.73 Å². The summed E-state index contributed by atoms with van der Waals surface area (Å²) in [6, 6.07) is 0. The summed E-state index contributed by atoms with van der Waals surface area (Å²) < 4.78 is 5.05. The minimum atomic E-state index is -0.108. The van der Waals surface area contributed by atoms with Crippen LogP contribution in [0, 0.1) is 6.54 Å². The van der Waals surface area contributed by atoms with Gasteiger partial charge in [-0.3, -0.25) is 4.79 Å². The summed E-state index contributed by atoms with van der Waals surface area (Å²) >= 11 is 0. The molecule has 4 heteroatoms. The van der Waals surface area contributed by atoms with E-state index in [1.807, 2.05) is 0 Å². The predicted molar refractivity (Wildman–Crippen MR) is 35.9 cm³/mol. The van der Waals surface area contributed by atoms with Crippen molar-refractivity contribution in [3.63, 3.8) is 0 Å². The third-order valence-electron chi connectivity index (χ3n) is 1.47. The monoisotopic (exact) mass is 143 g/mol. The van der Waals surface area contributed by atoms with Crippen molar-refractivity contribution in [2.75, 3.05) is 26.3 Å². The molecule has 1 aliphatic heterocycles. The normalized spacial score (nSPS) is 19.1. The van der Waals surface area contributed by atoms with Crippen LogP contribution >= 0.6 is 0 Å². The fraction of sp³-hybridized carbons (Fsp3) is 0.667. The van der Waals surface area contributed by atoms with Crippen molar-refractivity contribution in [3.05, 3.63) is 6.54 Å². The molecule has 4 nitrogen and oxygen atoms in total. The maximum absolute atomic E-state index is 10.9. The van der Waals surface area contributed by atoms with Crippen LogP contribution in [0.3, 0.4) is 0 Å². The van der Waals surface area contributed by atoms with E-state index < -0.39 is 0 Å². The zero-order valence-electron chi connectivity index (χ0n) is 5.75. The molecule has 1 rings (SSSR count). The molecule has 0 aliphatic carbocycles. The molecule has 1 amide bonds. The van der Waals surface area contributed by atoms with Gasteiger partial charge in [-0.25, -0.2) is 0 Å². The van der Waals surface area contributed by atoms with E-state index >= 15 is 0 Å². The van der Waals surface area contributed by atoms with Gasteiger partial charge in [0, 0.05) is 13.1 Å². The second kappa shape index (κ2) is 3.53. The van der Waals surface area contributed by atoms with Gasteiger partial charge < -0.3 is 15.4 Å². The fourth-order valence-corrected chi connectivity index (χ4v) is 0.889. The Bertz CT molecular complexity index is 121. The molecule has 2 N–H and O–H groups in total. The number of nitrogens with two attached hydrogens (primary N) is 1. The van der Waals surface area contributed by atoms with Gasteiger partial charge in [-0.1, -0.05) is 0 Å². The first-order valence-electron chi connectivity index (χ1n) is 3.26. The molecule has 1 fully saturated rings. The molecule has 0 aromatic heterocycles.